The molecule has 25 heavy (non-hydrogen) atoms. The van der Waals surface area contributed by atoms with Gasteiger partial charge in [-0.1, -0.05) is 36.8 Å². The SMILES string of the molecule is N#CC(=Cc1ccc(-c2ccccc2)s1)c1nnc2n1CCCCC2. The number of nitriles is 1. The predicted molar refractivity (Wildman–Crippen MR) is 101 cm³/mol. The fourth-order valence-corrected chi connectivity index (χ4v) is 4.12. The van der Waals surface area contributed by atoms with E-state index < -0.39 is 0 Å². The van der Waals surface area contributed by atoms with E-state index in [9.17, 15) is 5.26 Å². The van der Waals surface area contributed by atoms with E-state index >= 15 is 0 Å². The van der Waals surface area contributed by atoms with Crippen molar-refractivity contribution < 1.29 is 0 Å². The molecule has 1 aliphatic rings. The van der Waals surface area contributed by atoms with Crippen molar-refractivity contribution in [2.75, 3.05) is 0 Å². The minimum atomic E-state index is 0.585. The van der Waals surface area contributed by atoms with Crippen LogP contribution < -0.4 is 0 Å². The van der Waals surface area contributed by atoms with Crippen molar-refractivity contribution in [3.05, 3.63) is 59.0 Å². The summed E-state index contributed by atoms with van der Waals surface area (Å²) >= 11 is 1.68. The van der Waals surface area contributed by atoms with E-state index in [2.05, 4.69) is 45.1 Å². The molecular formula is C20H18N4S. The van der Waals surface area contributed by atoms with E-state index in [0.29, 0.717) is 11.4 Å². The van der Waals surface area contributed by atoms with Crippen molar-refractivity contribution in [3.8, 4) is 16.5 Å². The Labute approximate surface area is 151 Å². The van der Waals surface area contributed by atoms with Gasteiger partial charge >= 0.3 is 0 Å². The maximum absolute atomic E-state index is 9.66. The first-order valence-corrected chi connectivity index (χ1v) is 9.36. The molecular weight excluding hydrogens is 328 g/mol. The van der Waals surface area contributed by atoms with Gasteiger partial charge in [0.2, 0.25) is 0 Å². The molecule has 3 aromatic rings. The molecule has 124 valence electrons. The second-order valence-electron chi connectivity index (χ2n) is 6.14. The highest BCUT2D eigenvalue weighted by Crippen LogP contribution is 2.30. The van der Waals surface area contributed by atoms with Crippen molar-refractivity contribution in [3.63, 3.8) is 0 Å². The molecule has 3 heterocycles. The molecule has 0 radical (unpaired) electrons. The normalized spacial score (nSPS) is 14.6. The summed E-state index contributed by atoms with van der Waals surface area (Å²) in [7, 11) is 0. The lowest BCUT2D eigenvalue weighted by Crippen LogP contribution is -2.05. The molecule has 0 unspecified atom stereocenters. The zero-order valence-electron chi connectivity index (χ0n) is 13.9. The highest BCUT2D eigenvalue weighted by Gasteiger charge is 2.17. The third kappa shape index (κ3) is 3.26. The van der Waals surface area contributed by atoms with E-state index in [1.54, 1.807) is 11.3 Å². The van der Waals surface area contributed by atoms with Crippen LogP contribution in [0.2, 0.25) is 0 Å². The van der Waals surface area contributed by atoms with Crippen LogP contribution in [0.15, 0.2) is 42.5 Å². The predicted octanol–water partition coefficient (Wildman–Crippen LogP) is 4.80. The summed E-state index contributed by atoms with van der Waals surface area (Å²) in [4.78, 5) is 2.26. The lowest BCUT2D eigenvalue weighted by Gasteiger charge is -2.05. The van der Waals surface area contributed by atoms with Gasteiger partial charge in [0.25, 0.3) is 0 Å². The molecule has 1 aliphatic heterocycles. The largest absolute Gasteiger partial charge is 0.310 e. The number of aryl methyl sites for hydroxylation is 1. The van der Waals surface area contributed by atoms with Crippen LogP contribution in [0.25, 0.3) is 22.1 Å². The van der Waals surface area contributed by atoms with Gasteiger partial charge in [-0.25, -0.2) is 0 Å². The average Bonchev–Trinajstić information content (AvgIpc) is 3.21. The molecule has 4 nitrogen and oxygen atoms in total. The Morgan fingerprint density at radius 1 is 1.08 bits per heavy atom. The van der Waals surface area contributed by atoms with Crippen LogP contribution >= 0.6 is 11.3 Å². The molecule has 0 amide bonds. The monoisotopic (exact) mass is 346 g/mol. The molecule has 0 atom stereocenters. The van der Waals surface area contributed by atoms with Gasteiger partial charge in [-0.2, -0.15) is 5.26 Å². The first-order chi connectivity index (χ1) is 12.3. The first kappa shape index (κ1) is 15.8. The van der Waals surface area contributed by atoms with Crippen LogP contribution in [0.5, 0.6) is 0 Å². The van der Waals surface area contributed by atoms with E-state index in [1.165, 1.54) is 16.9 Å². The molecule has 0 N–H and O–H groups in total. The fourth-order valence-electron chi connectivity index (χ4n) is 3.16. The third-order valence-corrected chi connectivity index (χ3v) is 5.52. The molecule has 0 saturated heterocycles. The summed E-state index contributed by atoms with van der Waals surface area (Å²) in [6, 6.07) is 16.8. The minimum Gasteiger partial charge on any atom is -0.310 e. The van der Waals surface area contributed by atoms with Crippen LogP contribution in [-0.2, 0) is 13.0 Å². The molecule has 0 spiro atoms. The second kappa shape index (κ2) is 7.04. The second-order valence-corrected chi connectivity index (χ2v) is 7.26. The van der Waals surface area contributed by atoms with Gasteiger partial charge in [0.1, 0.15) is 11.9 Å². The number of fused-ring (bicyclic) bond motifs is 1. The zero-order valence-corrected chi connectivity index (χ0v) is 14.7. The standard InChI is InChI=1S/C20H18N4S/c21-14-16(20-23-22-19-9-5-2-6-12-24(19)20)13-17-10-11-18(25-17)15-7-3-1-4-8-15/h1,3-4,7-8,10-11,13H,2,5-6,9,12H2. The van der Waals surface area contributed by atoms with Gasteiger partial charge in [0, 0.05) is 22.7 Å². The maximum atomic E-state index is 9.66. The van der Waals surface area contributed by atoms with Crippen LogP contribution in [0, 0.1) is 11.3 Å². The van der Waals surface area contributed by atoms with Gasteiger partial charge in [0.15, 0.2) is 5.82 Å². The van der Waals surface area contributed by atoms with Crippen LogP contribution in [0.1, 0.15) is 35.8 Å². The number of thiophene rings is 1. The molecule has 0 aliphatic carbocycles. The van der Waals surface area contributed by atoms with Crippen LogP contribution in [0.4, 0.5) is 0 Å². The van der Waals surface area contributed by atoms with Crippen molar-refractivity contribution in [1.82, 2.24) is 14.8 Å². The Kier molecular flexibility index (Phi) is 4.45. The summed E-state index contributed by atoms with van der Waals surface area (Å²) in [6.45, 7) is 0.899. The highest BCUT2D eigenvalue weighted by atomic mass is 32.1. The fraction of sp³-hybridized carbons (Fsp3) is 0.250. The number of nitrogens with zero attached hydrogens (tertiary/aromatic N) is 4. The Balaban J connectivity index is 1.67. The Bertz CT molecular complexity index is 944. The molecule has 1 aromatic carbocycles. The summed E-state index contributed by atoms with van der Waals surface area (Å²) in [6.07, 6.45) is 6.35. The number of aromatic nitrogens is 3. The van der Waals surface area contributed by atoms with Gasteiger partial charge < -0.3 is 4.57 Å². The van der Waals surface area contributed by atoms with Gasteiger partial charge in [-0.15, -0.1) is 21.5 Å². The number of benzene rings is 1. The van der Waals surface area contributed by atoms with Crippen molar-refractivity contribution in [2.45, 2.75) is 32.2 Å². The summed E-state index contributed by atoms with van der Waals surface area (Å²) < 4.78 is 2.12. The van der Waals surface area contributed by atoms with Crippen molar-refractivity contribution in [2.24, 2.45) is 0 Å². The summed E-state index contributed by atoms with van der Waals surface area (Å²) in [5.74, 6) is 1.71. The Hall–Kier alpha value is -2.71. The Morgan fingerprint density at radius 3 is 2.80 bits per heavy atom. The first-order valence-electron chi connectivity index (χ1n) is 8.54. The number of rotatable bonds is 3. The topological polar surface area (TPSA) is 54.5 Å². The molecule has 2 aromatic heterocycles. The van der Waals surface area contributed by atoms with Crippen molar-refractivity contribution in [1.29, 1.82) is 5.26 Å². The maximum Gasteiger partial charge on any atom is 0.174 e. The van der Waals surface area contributed by atoms with E-state index in [1.807, 2.05) is 24.3 Å². The van der Waals surface area contributed by atoms with Crippen LogP contribution in [0.3, 0.4) is 0 Å². The van der Waals surface area contributed by atoms with Crippen molar-refractivity contribution >= 4 is 23.0 Å². The summed E-state index contributed by atoms with van der Waals surface area (Å²) in [5.41, 5.74) is 1.78. The van der Waals surface area contributed by atoms with E-state index in [4.69, 9.17) is 0 Å². The van der Waals surface area contributed by atoms with E-state index in [0.717, 1.165) is 36.5 Å². The van der Waals surface area contributed by atoms with Gasteiger partial charge in [-0.3, -0.25) is 0 Å². The molecule has 5 heteroatoms. The number of hydrogen-bond acceptors (Lipinski definition) is 4. The molecule has 0 bridgehead atoms. The van der Waals surface area contributed by atoms with Gasteiger partial charge in [0.05, 0.1) is 5.57 Å². The smallest absolute Gasteiger partial charge is 0.174 e. The lowest BCUT2D eigenvalue weighted by atomic mass is 10.2. The number of allylic oxidation sites excluding steroid dienone is 1. The van der Waals surface area contributed by atoms with Gasteiger partial charge in [-0.05, 0) is 36.6 Å². The molecule has 0 fully saturated rings. The number of hydrogen-bond donors (Lipinski definition) is 0. The molecule has 4 rings (SSSR count). The minimum absolute atomic E-state index is 0.585. The highest BCUT2D eigenvalue weighted by molar-refractivity contribution is 7.16. The average molecular weight is 346 g/mol. The third-order valence-electron chi connectivity index (χ3n) is 4.44. The lowest BCUT2D eigenvalue weighted by molar-refractivity contribution is 0.627. The molecule has 0 saturated carbocycles. The summed E-state index contributed by atoms with van der Waals surface area (Å²) in [5, 5.41) is 18.3. The Morgan fingerprint density at radius 2 is 1.96 bits per heavy atom. The van der Waals surface area contributed by atoms with E-state index in [-0.39, 0.29) is 0 Å². The quantitative estimate of drug-likeness (QED) is 0.640. The zero-order chi connectivity index (χ0) is 17.1. The van der Waals surface area contributed by atoms with Crippen LogP contribution in [-0.4, -0.2) is 14.8 Å².